The van der Waals surface area contributed by atoms with Crippen LogP contribution in [0.3, 0.4) is 0 Å². The maximum Gasteiger partial charge on any atom is 0.0702 e. The van der Waals surface area contributed by atoms with Crippen molar-refractivity contribution in [1.29, 1.82) is 0 Å². The number of anilines is 3. The van der Waals surface area contributed by atoms with E-state index >= 15 is 0 Å². The smallest absolute Gasteiger partial charge is 0.0702 e. The average molecular weight is 545 g/mol. The Morgan fingerprint density at radius 3 is 2.24 bits per heavy atom. The van der Waals surface area contributed by atoms with Crippen molar-refractivity contribution in [2.24, 2.45) is 0 Å². The van der Waals surface area contributed by atoms with E-state index in [1.807, 2.05) is 30.1 Å². The molecule has 1 aliphatic heterocycles. The number of rotatable bonds is 3. The van der Waals surface area contributed by atoms with E-state index in [9.17, 15) is 0 Å². The van der Waals surface area contributed by atoms with Crippen LogP contribution in [-0.2, 0) is 5.41 Å². The number of fused-ring (bicyclic) bond motifs is 6. The summed E-state index contributed by atoms with van der Waals surface area (Å²) in [6, 6.07) is 46.0. The number of hydrogen-bond acceptors (Lipinski definition) is 3. The summed E-state index contributed by atoms with van der Waals surface area (Å²) in [5.41, 5.74) is 13.6. The fourth-order valence-electron chi connectivity index (χ4n) is 6.48. The van der Waals surface area contributed by atoms with Crippen LogP contribution in [0.2, 0.25) is 0 Å². The zero-order chi connectivity index (χ0) is 27.6. The second-order valence-corrected chi connectivity index (χ2v) is 12.3. The van der Waals surface area contributed by atoms with Crippen molar-refractivity contribution in [1.82, 2.24) is 4.98 Å². The van der Waals surface area contributed by atoms with E-state index < -0.39 is 0 Å². The number of benzene rings is 5. The van der Waals surface area contributed by atoms with Gasteiger partial charge in [0.15, 0.2) is 0 Å². The molecule has 0 saturated heterocycles. The monoisotopic (exact) mass is 544 g/mol. The Bertz CT molecular complexity index is 1940. The van der Waals surface area contributed by atoms with Crippen molar-refractivity contribution >= 4 is 28.8 Å². The summed E-state index contributed by atoms with van der Waals surface area (Å²) in [5, 5.41) is 0. The van der Waals surface area contributed by atoms with Gasteiger partial charge in [0.2, 0.25) is 0 Å². The van der Waals surface area contributed by atoms with Crippen molar-refractivity contribution in [3.05, 3.63) is 145 Å². The van der Waals surface area contributed by atoms with Crippen molar-refractivity contribution in [2.45, 2.75) is 29.1 Å². The van der Waals surface area contributed by atoms with E-state index in [-0.39, 0.29) is 5.41 Å². The zero-order valence-corrected chi connectivity index (χ0v) is 23.8. The molecule has 41 heavy (non-hydrogen) atoms. The highest BCUT2D eigenvalue weighted by atomic mass is 32.2. The maximum absolute atomic E-state index is 4.57. The van der Waals surface area contributed by atoms with Crippen molar-refractivity contribution in [3.8, 4) is 33.5 Å². The predicted molar refractivity (Wildman–Crippen MR) is 171 cm³/mol. The number of aromatic nitrogens is 1. The topological polar surface area (TPSA) is 16.1 Å². The second kappa shape index (κ2) is 9.22. The van der Waals surface area contributed by atoms with Crippen molar-refractivity contribution in [3.63, 3.8) is 0 Å². The van der Waals surface area contributed by atoms with Crippen LogP contribution in [0.5, 0.6) is 0 Å². The lowest BCUT2D eigenvalue weighted by atomic mass is 9.82. The first-order chi connectivity index (χ1) is 20.1. The molecule has 5 aromatic carbocycles. The molecule has 0 saturated carbocycles. The fraction of sp³-hybridized carbons (Fsp3) is 0.0789. The molecule has 0 radical (unpaired) electrons. The van der Waals surface area contributed by atoms with E-state index in [0.29, 0.717) is 0 Å². The molecule has 0 amide bonds. The molecule has 3 heteroatoms. The summed E-state index contributed by atoms with van der Waals surface area (Å²) in [6.45, 7) is 4.71. The third-order valence-corrected chi connectivity index (χ3v) is 9.69. The van der Waals surface area contributed by atoms with Gasteiger partial charge in [0.1, 0.15) is 0 Å². The Hall–Kier alpha value is -4.60. The van der Waals surface area contributed by atoms with Gasteiger partial charge in [-0.25, -0.2) is 0 Å². The zero-order valence-electron chi connectivity index (χ0n) is 23.0. The van der Waals surface area contributed by atoms with Gasteiger partial charge in [-0.1, -0.05) is 104 Å². The Kier molecular flexibility index (Phi) is 5.45. The quantitative estimate of drug-likeness (QED) is 0.220. The number of para-hydroxylation sites is 1. The summed E-state index contributed by atoms with van der Waals surface area (Å²) in [6.07, 6.45) is 1.85. The Morgan fingerprint density at radius 1 is 0.610 bits per heavy atom. The van der Waals surface area contributed by atoms with E-state index in [1.54, 1.807) is 0 Å². The van der Waals surface area contributed by atoms with E-state index in [4.69, 9.17) is 0 Å². The summed E-state index contributed by atoms with van der Waals surface area (Å²) >= 11 is 1.90. The van der Waals surface area contributed by atoms with Crippen LogP contribution in [-0.4, -0.2) is 4.98 Å². The maximum atomic E-state index is 4.57. The SMILES string of the molecule is CC1(C)c2ccccc2-c2c1ccc1c2Sc2ccc(-c3cccc(-c4ccccn4)c3)cc2N1c1ccccc1. The molecule has 0 spiro atoms. The highest BCUT2D eigenvalue weighted by Gasteiger charge is 2.39. The molecular formula is C38H28N2S. The fourth-order valence-corrected chi connectivity index (χ4v) is 7.67. The third kappa shape index (κ3) is 3.77. The normalized spacial score (nSPS) is 14.1. The molecule has 0 fully saturated rings. The van der Waals surface area contributed by atoms with E-state index in [2.05, 4.69) is 139 Å². The average Bonchev–Trinajstić information content (AvgIpc) is 3.27. The Balaban J connectivity index is 1.31. The lowest BCUT2D eigenvalue weighted by molar-refractivity contribution is 0.659. The van der Waals surface area contributed by atoms with Crippen LogP contribution in [0, 0.1) is 0 Å². The van der Waals surface area contributed by atoms with Gasteiger partial charge >= 0.3 is 0 Å². The predicted octanol–water partition coefficient (Wildman–Crippen LogP) is 10.7. The van der Waals surface area contributed by atoms with Crippen LogP contribution >= 0.6 is 11.8 Å². The van der Waals surface area contributed by atoms with Crippen LogP contribution in [0.25, 0.3) is 33.5 Å². The van der Waals surface area contributed by atoms with E-state index in [0.717, 1.165) is 11.3 Å². The van der Waals surface area contributed by atoms with Crippen molar-refractivity contribution < 1.29 is 0 Å². The highest BCUT2D eigenvalue weighted by molar-refractivity contribution is 8.00. The van der Waals surface area contributed by atoms with Crippen LogP contribution in [0.1, 0.15) is 25.0 Å². The van der Waals surface area contributed by atoms with Gasteiger partial charge in [-0.05, 0) is 76.3 Å². The molecule has 2 heterocycles. The molecule has 1 aromatic heterocycles. The first-order valence-corrected chi connectivity index (χ1v) is 14.9. The summed E-state index contributed by atoms with van der Waals surface area (Å²) in [7, 11) is 0. The minimum Gasteiger partial charge on any atom is -0.308 e. The Morgan fingerprint density at radius 2 is 1.39 bits per heavy atom. The molecule has 2 aliphatic rings. The summed E-state index contributed by atoms with van der Waals surface area (Å²) < 4.78 is 0. The van der Waals surface area contributed by atoms with Crippen LogP contribution in [0.4, 0.5) is 17.1 Å². The molecule has 2 nitrogen and oxygen atoms in total. The molecule has 0 bridgehead atoms. The first-order valence-electron chi connectivity index (χ1n) is 14.1. The van der Waals surface area contributed by atoms with Gasteiger partial charge in [0.05, 0.1) is 17.1 Å². The Labute approximate surface area is 245 Å². The standard InChI is InChI=1S/C38H28N2S/c1-38(2)30-16-7-6-15-29(30)36-31(38)19-20-33-37(36)41-35-21-18-26(24-34(35)40(33)28-13-4-3-5-14-28)25-11-10-12-27(23-25)32-17-8-9-22-39-32/h3-24H,1-2H3. The van der Waals surface area contributed by atoms with E-state index in [1.165, 1.54) is 60.2 Å². The minimum absolute atomic E-state index is 0.0259. The van der Waals surface area contributed by atoms with Gasteiger partial charge < -0.3 is 4.90 Å². The molecule has 0 unspecified atom stereocenters. The van der Waals surface area contributed by atoms with Gasteiger partial charge in [-0.15, -0.1) is 0 Å². The second-order valence-electron chi connectivity index (χ2n) is 11.3. The molecule has 6 aromatic rings. The molecule has 1 aliphatic carbocycles. The van der Waals surface area contributed by atoms with Crippen molar-refractivity contribution in [2.75, 3.05) is 4.90 Å². The van der Waals surface area contributed by atoms with Crippen LogP contribution < -0.4 is 4.90 Å². The highest BCUT2D eigenvalue weighted by Crippen LogP contribution is 2.60. The third-order valence-electron chi connectivity index (χ3n) is 8.50. The molecule has 0 atom stereocenters. The van der Waals surface area contributed by atoms with Gasteiger partial charge in [-0.2, -0.15) is 0 Å². The summed E-state index contributed by atoms with van der Waals surface area (Å²) in [4.78, 5) is 9.62. The first kappa shape index (κ1) is 24.2. The van der Waals surface area contributed by atoms with Crippen LogP contribution in [0.15, 0.2) is 143 Å². The molecular weight excluding hydrogens is 516 g/mol. The van der Waals surface area contributed by atoms with Gasteiger partial charge in [0.25, 0.3) is 0 Å². The number of nitrogens with zero attached hydrogens (tertiary/aromatic N) is 2. The lowest BCUT2D eigenvalue weighted by Crippen LogP contribution is -2.17. The van der Waals surface area contributed by atoms with Gasteiger partial charge in [0, 0.05) is 38.2 Å². The number of hydrogen-bond donors (Lipinski definition) is 0. The lowest BCUT2D eigenvalue weighted by Gasteiger charge is -2.35. The molecule has 0 N–H and O–H groups in total. The summed E-state index contributed by atoms with van der Waals surface area (Å²) in [5.74, 6) is 0. The largest absolute Gasteiger partial charge is 0.308 e. The molecule has 8 rings (SSSR count). The minimum atomic E-state index is -0.0259. The molecule has 196 valence electrons. The number of pyridine rings is 1. The van der Waals surface area contributed by atoms with Gasteiger partial charge in [-0.3, -0.25) is 4.98 Å².